The van der Waals surface area contributed by atoms with E-state index in [1.54, 1.807) is 24.4 Å². The van der Waals surface area contributed by atoms with Gasteiger partial charge in [0.05, 0.1) is 11.8 Å². The number of unbranched alkanes of at least 4 members (excludes halogenated alkanes) is 2. The van der Waals surface area contributed by atoms with Crippen molar-refractivity contribution in [1.29, 1.82) is 0 Å². The molecule has 0 bridgehead atoms. The average molecular weight is 634 g/mol. The van der Waals surface area contributed by atoms with Crippen molar-refractivity contribution in [2.45, 2.75) is 76.4 Å². The summed E-state index contributed by atoms with van der Waals surface area (Å²) in [6.07, 6.45) is 1.19. The van der Waals surface area contributed by atoms with Gasteiger partial charge >= 0.3 is 6.11 Å². The number of alkyl halides is 2. The first-order valence-electron chi connectivity index (χ1n) is 14.9. The quantitative estimate of drug-likeness (QED) is 0.0985. The fourth-order valence-corrected chi connectivity index (χ4v) is 5.83. The van der Waals surface area contributed by atoms with Gasteiger partial charge in [-0.2, -0.15) is 8.78 Å². The van der Waals surface area contributed by atoms with Crippen LogP contribution in [0.25, 0.3) is 22.4 Å². The normalized spacial score (nSPS) is 17.1. The predicted molar refractivity (Wildman–Crippen MR) is 155 cm³/mol. The summed E-state index contributed by atoms with van der Waals surface area (Å²) in [5.74, 6) is -8.46. The van der Waals surface area contributed by atoms with Crippen molar-refractivity contribution < 1.29 is 39.9 Å². The fourth-order valence-electron chi connectivity index (χ4n) is 5.83. The minimum Gasteiger partial charge on any atom is -0.313 e. The third kappa shape index (κ3) is 7.38. The SMILES string of the molecule is CCCCCc1ccc(-c2cc(F)c(C(F)(F)OC3CCC(c4ccc(-c5cc(F)c(F)c(F)c5)c(F)c4)CC3)c(F)c2)nc1. The number of halogens is 8. The third-order valence-electron chi connectivity index (χ3n) is 8.27. The van der Waals surface area contributed by atoms with E-state index < -0.39 is 52.7 Å². The van der Waals surface area contributed by atoms with Crippen LogP contribution in [0.5, 0.6) is 0 Å². The molecule has 4 aromatic rings. The maximum Gasteiger partial charge on any atom is 0.389 e. The van der Waals surface area contributed by atoms with Gasteiger partial charge in [-0.15, -0.1) is 0 Å². The molecule has 0 saturated heterocycles. The van der Waals surface area contributed by atoms with E-state index >= 15 is 8.78 Å². The van der Waals surface area contributed by atoms with E-state index in [4.69, 9.17) is 4.74 Å². The summed E-state index contributed by atoms with van der Waals surface area (Å²) in [5.41, 5.74) is 0.0177. The lowest BCUT2D eigenvalue weighted by Crippen LogP contribution is -2.31. The molecule has 1 aliphatic rings. The second kappa shape index (κ2) is 13.7. The lowest BCUT2D eigenvalue weighted by Gasteiger charge is -2.31. The van der Waals surface area contributed by atoms with Gasteiger partial charge in [-0.1, -0.05) is 38.0 Å². The molecule has 5 rings (SSSR count). The number of nitrogens with zero attached hydrogens (tertiary/aromatic N) is 1. The van der Waals surface area contributed by atoms with E-state index in [1.165, 1.54) is 12.1 Å². The van der Waals surface area contributed by atoms with E-state index in [-0.39, 0.29) is 41.1 Å². The Kier molecular flexibility index (Phi) is 9.91. The molecule has 2 nitrogen and oxygen atoms in total. The van der Waals surface area contributed by atoms with Crippen molar-refractivity contribution in [3.63, 3.8) is 0 Å². The zero-order chi connectivity index (χ0) is 32.3. The highest BCUT2D eigenvalue weighted by Gasteiger charge is 2.42. The number of ether oxygens (including phenoxy) is 1. The van der Waals surface area contributed by atoms with Crippen LogP contribution in [0.4, 0.5) is 35.1 Å². The Morgan fingerprint density at radius 1 is 0.733 bits per heavy atom. The van der Waals surface area contributed by atoms with Gasteiger partial charge < -0.3 is 4.74 Å². The fraction of sp³-hybridized carbons (Fsp3) is 0.343. The van der Waals surface area contributed by atoms with Crippen LogP contribution >= 0.6 is 0 Å². The molecule has 0 unspecified atom stereocenters. The summed E-state index contributed by atoms with van der Waals surface area (Å²) < 4.78 is 121. The van der Waals surface area contributed by atoms with Crippen molar-refractivity contribution >= 4 is 0 Å². The Labute approximate surface area is 256 Å². The van der Waals surface area contributed by atoms with Crippen molar-refractivity contribution in [1.82, 2.24) is 4.98 Å². The van der Waals surface area contributed by atoms with E-state index in [2.05, 4.69) is 11.9 Å². The predicted octanol–water partition coefficient (Wildman–Crippen LogP) is 10.8. The van der Waals surface area contributed by atoms with E-state index in [0.29, 0.717) is 30.5 Å². The Morgan fingerprint density at radius 3 is 1.96 bits per heavy atom. The lowest BCUT2D eigenvalue weighted by atomic mass is 9.82. The topological polar surface area (TPSA) is 22.1 Å². The third-order valence-corrected chi connectivity index (χ3v) is 8.27. The molecule has 0 radical (unpaired) electrons. The second-order valence-electron chi connectivity index (χ2n) is 11.4. The van der Waals surface area contributed by atoms with Crippen LogP contribution in [-0.2, 0) is 17.3 Å². The first-order valence-corrected chi connectivity index (χ1v) is 14.9. The highest BCUT2D eigenvalue weighted by atomic mass is 19.3. The van der Waals surface area contributed by atoms with Crippen LogP contribution in [0, 0.1) is 34.9 Å². The van der Waals surface area contributed by atoms with Gasteiger partial charge in [-0.3, -0.25) is 4.98 Å². The first-order chi connectivity index (χ1) is 21.5. The van der Waals surface area contributed by atoms with E-state index in [1.807, 2.05) is 0 Å². The average Bonchev–Trinajstić information content (AvgIpc) is 2.99. The van der Waals surface area contributed by atoms with Crippen LogP contribution < -0.4 is 0 Å². The van der Waals surface area contributed by atoms with Gasteiger partial charge in [0.25, 0.3) is 0 Å². The number of pyridine rings is 1. The molecule has 0 atom stereocenters. The summed E-state index contributed by atoms with van der Waals surface area (Å²) >= 11 is 0. The van der Waals surface area contributed by atoms with Crippen LogP contribution in [0.1, 0.15) is 74.5 Å². The maximum absolute atomic E-state index is 15.1. The van der Waals surface area contributed by atoms with Crippen LogP contribution in [0.15, 0.2) is 60.8 Å². The minimum absolute atomic E-state index is 0.0260. The van der Waals surface area contributed by atoms with Crippen LogP contribution in [0.3, 0.4) is 0 Å². The molecule has 0 spiro atoms. The summed E-state index contributed by atoms with van der Waals surface area (Å²) in [4.78, 5) is 4.24. The monoisotopic (exact) mass is 633 g/mol. The van der Waals surface area contributed by atoms with E-state index in [0.717, 1.165) is 43.4 Å². The van der Waals surface area contributed by atoms with Crippen molar-refractivity contribution in [2.24, 2.45) is 0 Å². The molecular weight excluding hydrogens is 602 g/mol. The Balaban J connectivity index is 1.22. The molecular formula is C35H31F8NO. The number of benzene rings is 3. The van der Waals surface area contributed by atoms with Gasteiger partial charge in [-0.25, -0.2) is 26.3 Å². The molecule has 1 aliphatic carbocycles. The van der Waals surface area contributed by atoms with Gasteiger partial charge in [0.2, 0.25) is 0 Å². The highest BCUT2D eigenvalue weighted by molar-refractivity contribution is 5.65. The largest absolute Gasteiger partial charge is 0.389 e. The molecule has 238 valence electrons. The van der Waals surface area contributed by atoms with Crippen molar-refractivity contribution in [2.75, 3.05) is 0 Å². The standard InChI is InChI=1S/C35H31F8NO/c1-2-3-4-5-20-6-13-32(44-19-20)24-17-28(37)33(29(38)18-24)35(42,43)45-25-10-7-21(8-11-25)22-9-12-26(27(36)14-22)23-15-30(39)34(41)31(40)16-23/h6,9,12-19,21,25H,2-5,7-8,10-11H2,1H3. The second-order valence-corrected chi connectivity index (χ2v) is 11.4. The van der Waals surface area contributed by atoms with Gasteiger partial charge in [0.15, 0.2) is 17.5 Å². The van der Waals surface area contributed by atoms with Crippen LogP contribution in [-0.4, -0.2) is 11.1 Å². The number of rotatable bonds is 10. The molecule has 0 amide bonds. The Hall–Kier alpha value is -3.79. The first kappa shape index (κ1) is 32.6. The zero-order valence-corrected chi connectivity index (χ0v) is 24.5. The van der Waals surface area contributed by atoms with Crippen molar-refractivity contribution in [3.05, 3.63) is 112 Å². The number of aryl methyl sites for hydroxylation is 1. The molecule has 1 aromatic heterocycles. The molecule has 10 heteroatoms. The zero-order valence-electron chi connectivity index (χ0n) is 24.5. The number of aromatic nitrogens is 1. The van der Waals surface area contributed by atoms with Gasteiger partial charge in [0.1, 0.15) is 23.0 Å². The Bertz CT molecular complexity index is 1600. The number of hydrogen-bond acceptors (Lipinski definition) is 2. The van der Waals surface area contributed by atoms with Crippen LogP contribution in [0.2, 0.25) is 0 Å². The van der Waals surface area contributed by atoms with Crippen molar-refractivity contribution in [3.8, 4) is 22.4 Å². The summed E-state index contributed by atoms with van der Waals surface area (Å²) in [5, 5.41) is 0. The molecule has 0 aliphatic heterocycles. The molecule has 1 fully saturated rings. The smallest absolute Gasteiger partial charge is 0.313 e. The molecule has 45 heavy (non-hydrogen) atoms. The minimum atomic E-state index is -4.24. The summed E-state index contributed by atoms with van der Waals surface area (Å²) in [6.45, 7) is 2.09. The maximum atomic E-state index is 15.1. The molecule has 1 saturated carbocycles. The molecule has 0 N–H and O–H groups in total. The number of hydrogen-bond donors (Lipinski definition) is 0. The molecule has 1 heterocycles. The lowest BCUT2D eigenvalue weighted by molar-refractivity contribution is -0.280. The Morgan fingerprint density at radius 2 is 1.38 bits per heavy atom. The molecule has 3 aromatic carbocycles. The van der Waals surface area contributed by atoms with Gasteiger partial charge in [-0.05, 0) is 97.5 Å². The van der Waals surface area contributed by atoms with Gasteiger partial charge in [0, 0.05) is 17.3 Å². The highest BCUT2D eigenvalue weighted by Crippen LogP contribution is 2.42. The summed E-state index contributed by atoms with van der Waals surface area (Å²) in [7, 11) is 0. The summed E-state index contributed by atoms with van der Waals surface area (Å²) in [6, 6.07) is 10.5. The van der Waals surface area contributed by atoms with E-state index in [9.17, 15) is 26.3 Å².